The summed E-state index contributed by atoms with van der Waals surface area (Å²) < 4.78 is 44.7. The molecule has 2 rings (SSSR count). The lowest BCUT2D eigenvalue weighted by Crippen LogP contribution is -2.69. The summed E-state index contributed by atoms with van der Waals surface area (Å²) >= 11 is 5.72. The molecule has 11 heteroatoms. The van der Waals surface area contributed by atoms with Crippen molar-refractivity contribution in [3.63, 3.8) is 0 Å². The lowest BCUT2D eigenvalue weighted by Gasteiger charge is -2.29. The first-order valence-corrected chi connectivity index (χ1v) is 6.94. The second-order valence-electron chi connectivity index (χ2n) is 4.64. The van der Waals surface area contributed by atoms with Crippen molar-refractivity contribution in [1.82, 2.24) is 10.6 Å². The first-order chi connectivity index (χ1) is 11.1. The van der Waals surface area contributed by atoms with Gasteiger partial charge in [-0.1, -0.05) is 17.7 Å². The first kappa shape index (κ1) is 17.9. The number of rotatable bonds is 3. The highest BCUT2D eigenvalue weighted by molar-refractivity contribution is 6.31. The molecular formula is C13H11ClF3N3O4. The summed E-state index contributed by atoms with van der Waals surface area (Å²) in [6, 6.07) is 3.76. The van der Waals surface area contributed by atoms with Gasteiger partial charge < -0.3 is 4.74 Å². The van der Waals surface area contributed by atoms with Crippen molar-refractivity contribution >= 4 is 35.3 Å². The Morgan fingerprint density at radius 3 is 2.62 bits per heavy atom. The number of urea groups is 1. The number of halogens is 4. The van der Waals surface area contributed by atoms with E-state index < -0.39 is 29.9 Å². The molecule has 0 radical (unpaired) electrons. The highest BCUT2D eigenvalue weighted by atomic mass is 35.5. The average Bonchev–Trinajstić information content (AvgIpc) is 2.70. The van der Waals surface area contributed by atoms with Crippen molar-refractivity contribution in [1.29, 1.82) is 0 Å². The molecule has 0 saturated carbocycles. The standard InChI is InChI=1S/C13H11ClF3N3O4/c1-2-24-11(23)19-12(13(15,16)17)9(21)20(10(22)18-12)8-5-3-4-7(14)6-8/h3-6H,2H2,1H3,(H,18,22)(H,19,23). The highest BCUT2D eigenvalue weighted by Crippen LogP contribution is 2.36. The van der Waals surface area contributed by atoms with Crippen LogP contribution in [0.3, 0.4) is 0 Å². The third-order valence-electron chi connectivity index (χ3n) is 3.08. The minimum atomic E-state index is -5.31. The maximum atomic E-state index is 13.5. The first-order valence-electron chi connectivity index (χ1n) is 6.56. The molecule has 1 unspecified atom stereocenters. The summed E-state index contributed by atoms with van der Waals surface area (Å²) in [6.45, 7) is 1.15. The number of benzene rings is 1. The van der Waals surface area contributed by atoms with Crippen molar-refractivity contribution in [3.05, 3.63) is 29.3 Å². The number of imide groups is 1. The number of hydrogen-bond donors (Lipinski definition) is 2. The predicted molar refractivity (Wildman–Crippen MR) is 76.4 cm³/mol. The van der Waals surface area contributed by atoms with Crippen molar-refractivity contribution in [2.24, 2.45) is 0 Å². The van der Waals surface area contributed by atoms with Gasteiger partial charge in [-0.25, -0.2) is 14.5 Å². The van der Waals surface area contributed by atoms with Gasteiger partial charge in [-0.3, -0.25) is 15.4 Å². The van der Waals surface area contributed by atoms with Crippen LogP contribution in [0.4, 0.5) is 28.4 Å². The molecule has 1 aromatic rings. The van der Waals surface area contributed by atoms with Gasteiger partial charge in [0.1, 0.15) is 0 Å². The van der Waals surface area contributed by atoms with Crippen molar-refractivity contribution < 1.29 is 32.3 Å². The largest absolute Gasteiger partial charge is 0.450 e. The molecule has 1 aliphatic rings. The van der Waals surface area contributed by atoms with Crippen LogP contribution in [0.25, 0.3) is 0 Å². The molecule has 0 bridgehead atoms. The van der Waals surface area contributed by atoms with E-state index in [0.29, 0.717) is 0 Å². The van der Waals surface area contributed by atoms with Crippen LogP contribution in [0.1, 0.15) is 6.92 Å². The molecule has 0 aliphatic carbocycles. The van der Waals surface area contributed by atoms with Gasteiger partial charge >= 0.3 is 18.3 Å². The lowest BCUT2D eigenvalue weighted by atomic mass is 10.1. The maximum Gasteiger partial charge on any atom is 0.440 e. The van der Waals surface area contributed by atoms with E-state index in [4.69, 9.17) is 11.6 Å². The Kier molecular flexibility index (Phi) is 4.61. The number of carbonyl (C=O) groups is 3. The molecule has 24 heavy (non-hydrogen) atoms. The SMILES string of the molecule is CCOC(=O)NC1(C(F)(F)F)NC(=O)N(c2cccc(Cl)c2)C1=O. The van der Waals surface area contributed by atoms with Crippen molar-refractivity contribution in [2.75, 3.05) is 11.5 Å². The Balaban J connectivity index is 2.46. The van der Waals surface area contributed by atoms with Gasteiger partial charge in [0.15, 0.2) is 0 Å². The molecule has 1 saturated heterocycles. The van der Waals surface area contributed by atoms with Gasteiger partial charge in [-0.2, -0.15) is 13.2 Å². The topological polar surface area (TPSA) is 87.7 Å². The third kappa shape index (κ3) is 2.96. The fourth-order valence-corrected chi connectivity index (χ4v) is 2.23. The molecule has 4 amide bonds. The van der Waals surface area contributed by atoms with Gasteiger partial charge in [0, 0.05) is 5.02 Å². The Morgan fingerprint density at radius 1 is 1.42 bits per heavy atom. The summed E-state index contributed by atoms with van der Waals surface area (Å²) in [5.74, 6) is -1.73. The fourth-order valence-electron chi connectivity index (χ4n) is 2.05. The number of alkyl halides is 3. The molecule has 0 spiro atoms. The summed E-state index contributed by atoms with van der Waals surface area (Å²) in [4.78, 5) is 36.0. The number of alkyl carbamates (subject to hydrolysis) is 1. The summed E-state index contributed by atoms with van der Waals surface area (Å²) in [7, 11) is 0. The van der Waals surface area contributed by atoms with Gasteiger partial charge in [0.2, 0.25) is 0 Å². The van der Waals surface area contributed by atoms with Crippen LogP contribution in [0, 0.1) is 0 Å². The molecule has 130 valence electrons. The molecule has 1 aliphatic heterocycles. The number of amides is 4. The summed E-state index contributed by atoms with van der Waals surface area (Å²) in [5, 5.41) is 2.96. The Hall–Kier alpha value is -2.49. The van der Waals surface area contributed by atoms with E-state index in [9.17, 15) is 27.6 Å². The Bertz CT molecular complexity index is 697. The van der Waals surface area contributed by atoms with Crippen LogP contribution in [0.5, 0.6) is 0 Å². The van der Waals surface area contributed by atoms with E-state index in [1.165, 1.54) is 35.8 Å². The van der Waals surface area contributed by atoms with E-state index in [2.05, 4.69) is 4.74 Å². The van der Waals surface area contributed by atoms with Gasteiger partial charge in [-0.15, -0.1) is 0 Å². The summed E-state index contributed by atoms with van der Waals surface area (Å²) in [6.07, 6.45) is -6.81. The average molecular weight is 366 g/mol. The molecule has 1 fully saturated rings. The maximum absolute atomic E-state index is 13.5. The number of hydrogen-bond acceptors (Lipinski definition) is 4. The van der Waals surface area contributed by atoms with Crippen molar-refractivity contribution in [3.8, 4) is 0 Å². The third-order valence-corrected chi connectivity index (χ3v) is 3.31. The fraction of sp³-hybridized carbons (Fsp3) is 0.308. The van der Waals surface area contributed by atoms with E-state index in [1.807, 2.05) is 0 Å². The number of nitrogens with zero attached hydrogens (tertiary/aromatic N) is 1. The van der Waals surface area contributed by atoms with Crippen LogP contribution in [-0.2, 0) is 9.53 Å². The quantitative estimate of drug-likeness (QED) is 0.805. The molecule has 1 atom stereocenters. The van der Waals surface area contributed by atoms with Crippen LogP contribution in [0.15, 0.2) is 24.3 Å². The minimum absolute atomic E-state index is 0.107. The number of nitrogens with one attached hydrogen (secondary N) is 2. The van der Waals surface area contributed by atoms with Crippen LogP contribution >= 0.6 is 11.6 Å². The zero-order chi connectivity index (χ0) is 18.1. The molecule has 2 N–H and O–H groups in total. The van der Waals surface area contributed by atoms with E-state index in [1.54, 1.807) is 0 Å². The van der Waals surface area contributed by atoms with E-state index in [-0.39, 0.29) is 22.2 Å². The van der Waals surface area contributed by atoms with Crippen LogP contribution < -0.4 is 15.5 Å². The number of ether oxygens (including phenoxy) is 1. The second-order valence-corrected chi connectivity index (χ2v) is 5.08. The monoisotopic (exact) mass is 365 g/mol. The van der Waals surface area contributed by atoms with Crippen molar-refractivity contribution in [2.45, 2.75) is 18.8 Å². The number of carbonyl (C=O) groups excluding carboxylic acids is 3. The lowest BCUT2D eigenvalue weighted by molar-refractivity contribution is -0.197. The Labute approximate surface area is 138 Å². The zero-order valence-corrected chi connectivity index (χ0v) is 12.9. The molecule has 7 nitrogen and oxygen atoms in total. The van der Waals surface area contributed by atoms with Gasteiger partial charge in [0.05, 0.1) is 12.3 Å². The Morgan fingerprint density at radius 2 is 2.08 bits per heavy atom. The molecular weight excluding hydrogens is 355 g/mol. The second kappa shape index (κ2) is 6.19. The van der Waals surface area contributed by atoms with Crippen LogP contribution in [0.2, 0.25) is 5.02 Å². The van der Waals surface area contributed by atoms with Crippen LogP contribution in [-0.4, -0.2) is 36.5 Å². The molecule has 1 aromatic carbocycles. The smallest absolute Gasteiger partial charge is 0.440 e. The molecule has 0 aromatic heterocycles. The van der Waals surface area contributed by atoms with Gasteiger partial charge in [-0.05, 0) is 25.1 Å². The van der Waals surface area contributed by atoms with E-state index in [0.717, 1.165) is 6.07 Å². The normalized spacial score (nSPS) is 20.8. The zero-order valence-electron chi connectivity index (χ0n) is 12.1. The molecule has 1 heterocycles. The predicted octanol–water partition coefficient (Wildman–Crippen LogP) is 2.40. The van der Waals surface area contributed by atoms with Gasteiger partial charge in [0.25, 0.3) is 11.6 Å². The highest BCUT2D eigenvalue weighted by Gasteiger charge is 2.69. The summed E-state index contributed by atoms with van der Waals surface area (Å²) in [5.41, 5.74) is -3.81. The van der Waals surface area contributed by atoms with E-state index >= 15 is 0 Å². The number of anilines is 1. The minimum Gasteiger partial charge on any atom is -0.450 e.